The van der Waals surface area contributed by atoms with Crippen LogP contribution in [0.25, 0.3) is 0 Å². The summed E-state index contributed by atoms with van der Waals surface area (Å²) in [7, 11) is 1.15. The van der Waals surface area contributed by atoms with Crippen LogP contribution in [0.2, 0.25) is 0 Å². The summed E-state index contributed by atoms with van der Waals surface area (Å²) in [5, 5.41) is 9.86. The Bertz CT molecular complexity index is 564. The molecule has 0 unspecified atom stereocenters. The molecule has 0 bridgehead atoms. The molecule has 0 aliphatic rings. The zero-order valence-electron chi connectivity index (χ0n) is 12.0. The smallest absolute Gasteiger partial charge is 0.420 e. The van der Waals surface area contributed by atoms with Gasteiger partial charge in [0.1, 0.15) is 5.75 Å². The predicted octanol–water partition coefficient (Wildman–Crippen LogP) is 3.79. The number of benzene rings is 1. The molecule has 4 nitrogen and oxygen atoms in total. The fraction of sp³-hybridized carbons (Fsp3) is 0.462. The molecule has 0 spiro atoms. The molecule has 0 heterocycles. The van der Waals surface area contributed by atoms with Crippen molar-refractivity contribution < 1.29 is 27.8 Å². The van der Waals surface area contributed by atoms with E-state index in [4.69, 9.17) is 5.73 Å². The summed E-state index contributed by atoms with van der Waals surface area (Å²) in [4.78, 5) is 11.7. The Kier molecular flexibility index (Phi) is 6.74. The van der Waals surface area contributed by atoms with E-state index < -0.39 is 34.9 Å². The van der Waals surface area contributed by atoms with Gasteiger partial charge >= 0.3 is 12.1 Å². The van der Waals surface area contributed by atoms with Gasteiger partial charge in [0, 0.05) is 16.1 Å². The molecule has 1 aromatic carbocycles. The predicted molar refractivity (Wildman–Crippen MR) is 80.8 cm³/mol. The molecule has 0 saturated carbocycles. The average molecular weight is 407 g/mol. The van der Waals surface area contributed by atoms with Gasteiger partial charge in [0.05, 0.1) is 18.1 Å². The normalized spacial score (nSPS) is 13.3. The second-order valence-electron chi connectivity index (χ2n) is 5.08. The third-order valence-corrected chi connectivity index (χ3v) is 3.69. The lowest BCUT2D eigenvalue weighted by Crippen LogP contribution is -2.37. The molecule has 9 heteroatoms. The number of halogens is 5. The molecule has 0 radical (unpaired) electrons. The van der Waals surface area contributed by atoms with Gasteiger partial charge in [-0.1, -0.05) is 15.9 Å². The fourth-order valence-corrected chi connectivity index (χ4v) is 2.33. The summed E-state index contributed by atoms with van der Waals surface area (Å²) in [6.45, 7) is 2.86. The van der Waals surface area contributed by atoms with Crippen LogP contribution in [0.5, 0.6) is 5.75 Å². The largest absolute Gasteiger partial charge is 0.507 e. The van der Waals surface area contributed by atoms with Crippen molar-refractivity contribution in [3.05, 3.63) is 27.7 Å². The number of nitrogens with two attached hydrogens (primary N) is 1. The highest BCUT2D eigenvalue weighted by Crippen LogP contribution is 2.44. The summed E-state index contributed by atoms with van der Waals surface area (Å²) < 4.78 is 43.3. The van der Waals surface area contributed by atoms with Crippen LogP contribution in [0.1, 0.15) is 31.0 Å². The molecule has 1 aromatic rings. The number of ether oxygens (including phenoxy) is 1. The van der Waals surface area contributed by atoms with Crippen molar-refractivity contribution in [2.24, 2.45) is 11.1 Å². The van der Waals surface area contributed by atoms with Crippen molar-refractivity contribution in [3.63, 3.8) is 0 Å². The molecule has 0 amide bonds. The maximum atomic E-state index is 12.9. The van der Waals surface area contributed by atoms with E-state index in [0.29, 0.717) is 0 Å². The molecule has 22 heavy (non-hydrogen) atoms. The molecule has 1 rings (SSSR count). The monoisotopic (exact) mass is 405 g/mol. The van der Waals surface area contributed by atoms with E-state index in [1.165, 1.54) is 19.9 Å². The van der Waals surface area contributed by atoms with Gasteiger partial charge in [-0.3, -0.25) is 4.79 Å². The van der Waals surface area contributed by atoms with Crippen molar-refractivity contribution in [1.82, 2.24) is 0 Å². The molecule has 126 valence electrons. The number of alkyl halides is 3. The fourth-order valence-electron chi connectivity index (χ4n) is 1.85. The molecular weight excluding hydrogens is 390 g/mol. The number of carbonyl (C=O) groups excluding carboxylic acids is 1. The van der Waals surface area contributed by atoms with Crippen LogP contribution in [-0.4, -0.2) is 18.2 Å². The zero-order chi connectivity index (χ0) is 16.6. The molecule has 0 fully saturated rings. The lowest BCUT2D eigenvalue weighted by molar-refractivity contribution is -0.152. The van der Waals surface area contributed by atoms with Crippen molar-refractivity contribution in [2.75, 3.05) is 7.11 Å². The average Bonchev–Trinajstić information content (AvgIpc) is 2.37. The molecule has 0 aromatic heterocycles. The van der Waals surface area contributed by atoms with Crippen LogP contribution in [-0.2, 0) is 15.7 Å². The first-order chi connectivity index (χ1) is 9.42. The summed E-state index contributed by atoms with van der Waals surface area (Å²) >= 11 is 2.95. The highest BCUT2D eigenvalue weighted by Gasteiger charge is 2.41. The first kappa shape index (κ1) is 21.0. The first-order valence-corrected chi connectivity index (χ1v) is 6.65. The van der Waals surface area contributed by atoms with Crippen LogP contribution < -0.4 is 5.73 Å². The van der Waals surface area contributed by atoms with Gasteiger partial charge in [0.15, 0.2) is 0 Å². The number of carbonyl (C=O) groups is 1. The van der Waals surface area contributed by atoms with Gasteiger partial charge in [-0.05, 0) is 26.0 Å². The number of rotatable bonds is 3. The molecule has 0 aliphatic carbocycles. The van der Waals surface area contributed by atoms with Gasteiger partial charge in [0.25, 0.3) is 0 Å². The zero-order valence-corrected chi connectivity index (χ0v) is 14.4. The standard InChI is InChI=1S/C13H15BrF3NO3.ClH/c1-12(2,11(20)21-3)10(18)7-4-6(14)5-8(9(7)19)13(15,16)17;/h4-5,10,19H,18H2,1-3H3;1H/t10-;/m0./s1. The molecular formula is C13H16BrClF3NO3. The van der Waals surface area contributed by atoms with Crippen LogP contribution in [0.3, 0.4) is 0 Å². The second-order valence-corrected chi connectivity index (χ2v) is 6.00. The molecule has 3 N–H and O–H groups in total. The van der Waals surface area contributed by atoms with Gasteiger partial charge in [-0.2, -0.15) is 13.2 Å². The molecule has 0 saturated heterocycles. The van der Waals surface area contributed by atoms with Gasteiger partial charge < -0.3 is 15.6 Å². The van der Waals surface area contributed by atoms with Crippen LogP contribution in [0.4, 0.5) is 13.2 Å². The molecule has 1 atom stereocenters. The Morgan fingerprint density at radius 1 is 1.36 bits per heavy atom. The maximum Gasteiger partial charge on any atom is 0.420 e. The third-order valence-electron chi connectivity index (χ3n) is 3.23. The minimum absolute atomic E-state index is 0. The summed E-state index contributed by atoms with van der Waals surface area (Å²) in [6, 6.07) is 0.819. The van der Waals surface area contributed by atoms with E-state index in [1.54, 1.807) is 0 Å². The number of methoxy groups -OCH3 is 1. The number of phenolic OH excluding ortho intramolecular Hbond substituents is 1. The Balaban J connectivity index is 0.00000441. The third kappa shape index (κ3) is 4.05. The molecule has 0 aliphatic heterocycles. The Morgan fingerprint density at radius 2 is 1.86 bits per heavy atom. The highest BCUT2D eigenvalue weighted by molar-refractivity contribution is 9.10. The Labute approximate surface area is 140 Å². The number of hydrogen-bond acceptors (Lipinski definition) is 4. The maximum absolute atomic E-state index is 12.9. The minimum atomic E-state index is -4.74. The summed E-state index contributed by atoms with van der Waals surface area (Å²) in [6.07, 6.45) is -4.74. The van der Waals surface area contributed by atoms with Gasteiger partial charge in [-0.15, -0.1) is 12.4 Å². The van der Waals surface area contributed by atoms with Gasteiger partial charge in [0.2, 0.25) is 0 Å². The number of phenols is 1. The Morgan fingerprint density at radius 3 is 2.27 bits per heavy atom. The second kappa shape index (κ2) is 7.06. The van der Waals surface area contributed by atoms with Crippen LogP contribution in [0, 0.1) is 5.41 Å². The van der Waals surface area contributed by atoms with Crippen molar-refractivity contribution >= 4 is 34.3 Å². The van der Waals surface area contributed by atoms with E-state index in [2.05, 4.69) is 20.7 Å². The first-order valence-electron chi connectivity index (χ1n) is 5.86. The van der Waals surface area contributed by atoms with E-state index >= 15 is 0 Å². The summed E-state index contributed by atoms with van der Waals surface area (Å²) in [5.41, 5.74) is 3.17. The van der Waals surface area contributed by atoms with E-state index in [9.17, 15) is 23.1 Å². The topological polar surface area (TPSA) is 72.5 Å². The van der Waals surface area contributed by atoms with Crippen LogP contribution >= 0.6 is 28.3 Å². The van der Waals surface area contributed by atoms with Crippen molar-refractivity contribution in [2.45, 2.75) is 26.1 Å². The number of aromatic hydroxyl groups is 1. The van der Waals surface area contributed by atoms with Crippen molar-refractivity contribution in [1.29, 1.82) is 0 Å². The van der Waals surface area contributed by atoms with Crippen LogP contribution in [0.15, 0.2) is 16.6 Å². The number of hydrogen-bond donors (Lipinski definition) is 2. The highest BCUT2D eigenvalue weighted by atomic mass is 79.9. The number of esters is 1. The van der Waals surface area contributed by atoms with Crippen molar-refractivity contribution in [3.8, 4) is 5.75 Å². The van der Waals surface area contributed by atoms with E-state index in [-0.39, 0.29) is 22.4 Å². The Hall–Kier alpha value is -0.990. The van der Waals surface area contributed by atoms with E-state index in [0.717, 1.165) is 13.2 Å². The SMILES string of the molecule is COC(=O)C(C)(C)[C@@H](N)c1cc(Br)cc(C(F)(F)F)c1O.Cl. The minimum Gasteiger partial charge on any atom is -0.507 e. The lowest BCUT2D eigenvalue weighted by atomic mass is 9.80. The quantitative estimate of drug-likeness (QED) is 0.749. The lowest BCUT2D eigenvalue weighted by Gasteiger charge is -2.30. The van der Waals surface area contributed by atoms with Gasteiger partial charge in [-0.25, -0.2) is 0 Å². The summed E-state index contributed by atoms with van der Waals surface area (Å²) in [5.74, 6) is -1.68. The van der Waals surface area contributed by atoms with E-state index in [1.807, 2.05) is 0 Å².